The molecule has 0 spiro atoms. The fraction of sp³-hybridized carbons (Fsp3) is 0. The zero-order valence-electron chi connectivity index (χ0n) is 36.2. The van der Waals surface area contributed by atoms with Crippen LogP contribution in [-0.4, -0.2) is 13.4 Å². The lowest BCUT2D eigenvalue weighted by atomic mass is 9.29. The zero-order valence-corrected chi connectivity index (χ0v) is 36.2. The lowest BCUT2D eigenvalue weighted by molar-refractivity contribution is 0.467. The number of anilines is 6. The molecule has 68 heavy (non-hydrogen) atoms. The second-order valence-corrected chi connectivity index (χ2v) is 18.6. The van der Waals surface area contributed by atoms with Crippen LogP contribution in [0.2, 0.25) is 0 Å². The van der Waals surface area contributed by atoms with Crippen LogP contribution >= 0.6 is 0 Å². The molecule has 0 bridgehead atoms. The molecule has 17 rings (SSSR count). The zero-order chi connectivity index (χ0) is 43.9. The largest absolute Gasteiger partial charge is 0.457 e. The van der Waals surface area contributed by atoms with Crippen molar-refractivity contribution in [2.45, 2.75) is 0 Å². The maximum atomic E-state index is 7.54. The van der Waals surface area contributed by atoms with Gasteiger partial charge in [-0.25, -0.2) is 0 Å². The normalized spacial score (nSPS) is 14.0. The van der Waals surface area contributed by atoms with E-state index in [0.717, 1.165) is 134 Å². The number of rotatable bonds is 3. The molecule has 12 aromatic rings. The van der Waals surface area contributed by atoms with Crippen LogP contribution in [0.1, 0.15) is 0 Å². The van der Waals surface area contributed by atoms with E-state index >= 15 is 0 Å². The highest BCUT2D eigenvalue weighted by molar-refractivity contribution is 7.04. The van der Waals surface area contributed by atoms with Gasteiger partial charge in [-0.2, -0.15) is 0 Å². The Labute approximate surface area is 390 Å². The molecule has 312 valence electrons. The van der Waals surface area contributed by atoms with Gasteiger partial charge in [0.05, 0.1) is 33.9 Å². The standard InChI is InChI=1S/C60H32B2N2O4/c1-4-16-33(17-5-1)50-57-38(36-22-10-12-28-46(36)65-57)30-42-59(50)67-48-32-49-53-56-52(48)61(42)40-24-14-26-44-54(40)64(56)55-41(25-15-27-45(55)63(44)35-20-8-3-9-21-35)62(53)43-31-39-37-23-11-13-29-47(37)66-58(39)51(60(43)68-49)34-18-6-2-7-19-34/h1-32H. The van der Waals surface area contributed by atoms with Gasteiger partial charge in [-0.3, -0.25) is 0 Å². The second kappa shape index (κ2) is 12.5. The number of nitrogens with zero attached hydrogens (tertiary/aromatic N) is 2. The van der Waals surface area contributed by atoms with Gasteiger partial charge in [0.1, 0.15) is 45.3 Å². The highest BCUT2D eigenvalue weighted by Crippen LogP contribution is 2.58. The van der Waals surface area contributed by atoms with Crippen LogP contribution in [0.5, 0.6) is 23.0 Å². The summed E-state index contributed by atoms with van der Waals surface area (Å²) in [6.45, 7) is -0.375. The molecule has 5 aliphatic heterocycles. The number of benzene rings is 10. The van der Waals surface area contributed by atoms with Crippen LogP contribution < -0.4 is 52.1 Å². The van der Waals surface area contributed by atoms with Crippen molar-refractivity contribution in [2.75, 3.05) is 9.80 Å². The van der Waals surface area contributed by atoms with Crippen LogP contribution in [0.3, 0.4) is 0 Å². The summed E-state index contributed by atoms with van der Waals surface area (Å²) in [5, 5.41) is 4.31. The van der Waals surface area contributed by atoms with E-state index in [1.165, 1.54) is 22.3 Å². The van der Waals surface area contributed by atoms with Crippen molar-refractivity contribution in [1.82, 2.24) is 0 Å². The van der Waals surface area contributed by atoms with Crippen LogP contribution in [0.15, 0.2) is 203 Å². The molecule has 0 N–H and O–H groups in total. The first-order chi connectivity index (χ1) is 33.8. The van der Waals surface area contributed by atoms with E-state index < -0.39 is 0 Å². The first-order valence-corrected chi connectivity index (χ1v) is 23.3. The van der Waals surface area contributed by atoms with E-state index in [9.17, 15) is 0 Å². The molecule has 2 aromatic heterocycles. The molecular weight excluding hydrogens is 834 g/mol. The smallest absolute Gasteiger partial charge is 0.256 e. The third-order valence-electron chi connectivity index (χ3n) is 15.2. The van der Waals surface area contributed by atoms with Crippen molar-refractivity contribution in [3.63, 3.8) is 0 Å². The van der Waals surface area contributed by atoms with Gasteiger partial charge in [0.2, 0.25) is 0 Å². The van der Waals surface area contributed by atoms with Crippen molar-refractivity contribution < 1.29 is 18.3 Å². The Morgan fingerprint density at radius 1 is 0.353 bits per heavy atom. The van der Waals surface area contributed by atoms with E-state index in [1.54, 1.807) is 0 Å². The first kappa shape index (κ1) is 35.4. The molecule has 0 amide bonds. The molecule has 0 saturated carbocycles. The van der Waals surface area contributed by atoms with Gasteiger partial charge >= 0.3 is 0 Å². The van der Waals surface area contributed by atoms with Gasteiger partial charge in [0.15, 0.2) is 0 Å². The molecule has 6 nitrogen and oxygen atoms in total. The van der Waals surface area contributed by atoms with Crippen molar-refractivity contribution in [1.29, 1.82) is 0 Å². The summed E-state index contributed by atoms with van der Waals surface area (Å²) in [7, 11) is 0. The van der Waals surface area contributed by atoms with Crippen molar-refractivity contribution in [3.05, 3.63) is 194 Å². The predicted octanol–water partition coefficient (Wildman–Crippen LogP) is 11.9. The molecule has 10 aromatic carbocycles. The molecular formula is C60H32B2N2O4. The molecule has 7 heterocycles. The Kier molecular flexibility index (Phi) is 6.51. The molecule has 0 aliphatic carbocycles. The number of ether oxygens (including phenoxy) is 2. The molecule has 0 saturated heterocycles. The summed E-state index contributed by atoms with van der Waals surface area (Å²) >= 11 is 0. The summed E-state index contributed by atoms with van der Waals surface area (Å²) < 4.78 is 28.8. The van der Waals surface area contributed by atoms with Gasteiger partial charge in [0, 0.05) is 39.0 Å². The summed E-state index contributed by atoms with van der Waals surface area (Å²) in [5.74, 6) is 3.15. The third-order valence-corrected chi connectivity index (χ3v) is 15.2. The predicted molar refractivity (Wildman–Crippen MR) is 277 cm³/mol. The molecule has 8 heteroatoms. The van der Waals surface area contributed by atoms with E-state index in [1.807, 2.05) is 12.1 Å². The molecule has 5 aliphatic rings. The maximum Gasteiger partial charge on any atom is 0.256 e. The minimum atomic E-state index is -0.188. The Bertz CT molecular complexity index is 3990. The summed E-state index contributed by atoms with van der Waals surface area (Å²) in [5.41, 5.74) is 21.1. The average Bonchev–Trinajstić information content (AvgIpc) is 3.96. The van der Waals surface area contributed by atoms with Crippen molar-refractivity contribution in [3.8, 4) is 45.3 Å². The van der Waals surface area contributed by atoms with Gasteiger partial charge < -0.3 is 28.1 Å². The molecule has 0 atom stereocenters. The van der Waals surface area contributed by atoms with E-state index in [-0.39, 0.29) is 13.4 Å². The van der Waals surface area contributed by atoms with Gasteiger partial charge in [-0.05, 0) is 80.3 Å². The van der Waals surface area contributed by atoms with E-state index in [0.29, 0.717) is 0 Å². The van der Waals surface area contributed by atoms with Gasteiger partial charge in [-0.1, -0.05) is 152 Å². The maximum absolute atomic E-state index is 7.54. The monoisotopic (exact) mass is 866 g/mol. The third kappa shape index (κ3) is 4.28. The first-order valence-electron chi connectivity index (χ1n) is 23.3. The van der Waals surface area contributed by atoms with Crippen molar-refractivity contribution >= 4 is 124 Å². The van der Waals surface area contributed by atoms with Gasteiger partial charge in [0.25, 0.3) is 13.4 Å². The lowest BCUT2D eigenvalue weighted by Crippen LogP contribution is -2.67. The quantitative estimate of drug-likeness (QED) is 0.165. The number of fused-ring (bicyclic) bond motifs is 12. The Morgan fingerprint density at radius 3 is 1.31 bits per heavy atom. The Balaban J connectivity index is 1.04. The summed E-state index contributed by atoms with van der Waals surface area (Å²) in [4.78, 5) is 5.04. The van der Waals surface area contributed by atoms with Crippen LogP contribution in [-0.2, 0) is 0 Å². The molecule has 0 fully saturated rings. The van der Waals surface area contributed by atoms with Crippen LogP contribution in [0.4, 0.5) is 34.1 Å². The lowest BCUT2D eigenvalue weighted by Gasteiger charge is -2.51. The SMILES string of the molecule is c1ccc(-c2c3c(cc4c2oc2ccccc24)B2c4cccc5c4N4c6c(cccc6N5c5ccccc5)B5c6cc7c(oc8ccccc87)c(-c7ccccc7)c6Oc6cc(c2c4c65)O3)cc1. The highest BCUT2D eigenvalue weighted by Gasteiger charge is 2.54. The number of para-hydroxylation sites is 5. The minimum absolute atomic E-state index is 0.188. The van der Waals surface area contributed by atoms with Crippen molar-refractivity contribution in [2.24, 2.45) is 0 Å². The average molecular weight is 867 g/mol. The summed E-state index contributed by atoms with van der Waals surface area (Å²) in [6.07, 6.45) is 0. The topological polar surface area (TPSA) is 51.2 Å². The Hall–Kier alpha value is -8.87. The number of furan rings is 2. The van der Waals surface area contributed by atoms with E-state index in [4.69, 9.17) is 18.3 Å². The Morgan fingerprint density at radius 2 is 0.809 bits per heavy atom. The second-order valence-electron chi connectivity index (χ2n) is 18.6. The number of hydrogen-bond donors (Lipinski definition) is 0. The fourth-order valence-electron chi connectivity index (χ4n) is 12.6. The van der Waals surface area contributed by atoms with Crippen LogP contribution in [0, 0.1) is 0 Å². The number of hydrogen-bond acceptors (Lipinski definition) is 6. The summed E-state index contributed by atoms with van der Waals surface area (Å²) in [6, 6.07) is 69.3. The van der Waals surface area contributed by atoms with E-state index in [2.05, 4.69) is 192 Å². The highest BCUT2D eigenvalue weighted by atomic mass is 16.5. The van der Waals surface area contributed by atoms with Gasteiger partial charge in [-0.15, -0.1) is 0 Å². The minimum Gasteiger partial charge on any atom is -0.457 e. The fourth-order valence-corrected chi connectivity index (χ4v) is 12.6. The molecule has 0 radical (unpaired) electrons. The van der Waals surface area contributed by atoms with Crippen LogP contribution in [0.25, 0.3) is 66.1 Å². The molecule has 0 unspecified atom stereocenters.